The number of ether oxygens (including phenoxy) is 1. The number of nitrogens with one attached hydrogen (secondary N) is 2. The Labute approximate surface area is 223 Å². The zero-order chi connectivity index (χ0) is 26.2. The standard InChI is InChI=1S/C26H29BrN6O4/c1-2-24(34)31-22-14-20-21(28-17-29-26(20)30-19-6-3-5-18(27)13-19)15-23(22)37-12-4-7-32-8-10-33(11-9-32)16-25(35)36/h2-3,5-6,13-15,17H,1,4,7-12,16H2,(H,31,34)(H,35,36)(H,28,29,30). The number of fused-ring (bicyclic) bond motifs is 1. The summed E-state index contributed by atoms with van der Waals surface area (Å²) >= 11 is 3.48. The monoisotopic (exact) mass is 568 g/mol. The molecule has 0 unspecified atom stereocenters. The highest BCUT2D eigenvalue weighted by atomic mass is 79.9. The smallest absolute Gasteiger partial charge is 0.317 e. The van der Waals surface area contributed by atoms with Gasteiger partial charge < -0.3 is 25.4 Å². The molecule has 1 aliphatic rings. The van der Waals surface area contributed by atoms with Crippen LogP contribution in [0.3, 0.4) is 0 Å². The molecular weight excluding hydrogens is 540 g/mol. The van der Waals surface area contributed by atoms with Crippen LogP contribution in [0.2, 0.25) is 0 Å². The molecule has 11 heteroatoms. The lowest BCUT2D eigenvalue weighted by molar-refractivity contribution is -0.138. The van der Waals surface area contributed by atoms with Crippen molar-refractivity contribution >= 4 is 55.9 Å². The van der Waals surface area contributed by atoms with Crippen LogP contribution in [0.5, 0.6) is 5.75 Å². The molecule has 0 radical (unpaired) electrons. The summed E-state index contributed by atoms with van der Waals surface area (Å²) in [5.74, 6) is -0.0217. The number of rotatable bonds is 11. The van der Waals surface area contributed by atoms with Crippen LogP contribution in [0.15, 0.2) is 59.9 Å². The summed E-state index contributed by atoms with van der Waals surface area (Å²) in [5.41, 5.74) is 2.04. The van der Waals surface area contributed by atoms with E-state index in [9.17, 15) is 9.59 Å². The number of hydrogen-bond donors (Lipinski definition) is 3. The van der Waals surface area contributed by atoms with E-state index < -0.39 is 5.97 Å². The van der Waals surface area contributed by atoms with Gasteiger partial charge in [-0.25, -0.2) is 9.97 Å². The number of nitrogens with zero attached hydrogens (tertiary/aromatic N) is 4. The molecule has 1 fully saturated rings. The molecule has 4 rings (SSSR count). The molecule has 1 aliphatic heterocycles. The third kappa shape index (κ3) is 7.48. The van der Waals surface area contributed by atoms with Crippen molar-refractivity contribution in [3.63, 3.8) is 0 Å². The number of aliphatic carboxylic acids is 1. The SMILES string of the molecule is C=CC(=O)Nc1cc2c(Nc3cccc(Br)c3)ncnc2cc1OCCCN1CCN(CC(=O)O)CC1. The average molecular weight is 569 g/mol. The van der Waals surface area contributed by atoms with Crippen molar-refractivity contribution < 1.29 is 19.4 Å². The lowest BCUT2D eigenvalue weighted by atomic mass is 10.1. The molecule has 0 aliphatic carbocycles. The third-order valence-corrected chi connectivity index (χ3v) is 6.46. The van der Waals surface area contributed by atoms with Crippen molar-refractivity contribution in [3.8, 4) is 5.75 Å². The number of carbonyl (C=O) groups is 2. The minimum atomic E-state index is -0.794. The first kappa shape index (κ1) is 26.5. The molecule has 1 amide bonds. The quantitative estimate of drug-likeness (QED) is 0.234. The van der Waals surface area contributed by atoms with Gasteiger partial charge >= 0.3 is 5.97 Å². The number of amides is 1. The molecule has 0 atom stereocenters. The Bertz CT molecular complexity index is 1280. The highest BCUT2D eigenvalue weighted by molar-refractivity contribution is 9.10. The van der Waals surface area contributed by atoms with E-state index in [-0.39, 0.29) is 12.5 Å². The van der Waals surface area contributed by atoms with E-state index in [4.69, 9.17) is 9.84 Å². The van der Waals surface area contributed by atoms with Gasteiger partial charge in [-0.1, -0.05) is 28.6 Å². The van der Waals surface area contributed by atoms with Gasteiger partial charge in [0.05, 0.1) is 24.4 Å². The molecule has 1 saturated heterocycles. The Balaban J connectivity index is 1.44. The summed E-state index contributed by atoms with van der Waals surface area (Å²) in [7, 11) is 0. The third-order valence-electron chi connectivity index (χ3n) is 5.97. The number of benzene rings is 2. The van der Waals surface area contributed by atoms with Crippen LogP contribution in [-0.2, 0) is 9.59 Å². The molecule has 0 saturated carbocycles. The predicted octanol–water partition coefficient (Wildman–Crippen LogP) is 3.73. The van der Waals surface area contributed by atoms with Crippen molar-refractivity contribution in [2.75, 3.05) is 56.5 Å². The van der Waals surface area contributed by atoms with Crippen LogP contribution in [0.25, 0.3) is 10.9 Å². The fourth-order valence-corrected chi connectivity index (χ4v) is 4.52. The van der Waals surface area contributed by atoms with Gasteiger partial charge in [0.2, 0.25) is 5.91 Å². The summed E-state index contributed by atoms with van der Waals surface area (Å²) in [5, 5.41) is 15.8. The lowest BCUT2D eigenvalue weighted by Crippen LogP contribution is -2.48. The fourth-order valence-electron chi connectivity index (χ4n) is 4.12. The minimum absolute atomic E-state index is 0.0851. The van der Waals surface area contributed by atoms with Crippen LogP contribution in [0.1, 0.15) is 6.42 Å². The summed E-state index contributed by atoms with van der Waals surface area (Å²) in [6.45, 7) is 8.06. The van der Waals surface area contributed by atoms with Crippen LogP contribution >= 0.6 is 15.9 Å². The molecule has 37 heavy (non-hydrogen) atoms. The van der Waals surface area contributed by atoms with Crippen LogP contribution in [0, 0.1) is 0 Å². The van der Waals surface area contributed by atoms with Crippen LogP contribution in [0.4, 0.5) is 17.2 Å². The molecule has 194 valence electrons. The zero-order valence-electron chi connectivity index (χ0n) is 20.3. The van der Waals surface area contributed by atoms with Crippen molar-refractivity contribution in [1.29, 1.82) is 0 Å². The molecule has 2 aromatic carbocycles. The summed E-state index contributed by atoms with van der Waals surface area (Å²) < 4.78 is 7.02. The number of halogens is 1. The Kier molecular flexibility index (Phi) is 9.04. The largest absolute Gasteiger partial charge is 0.491 e. The number of carboxylic acids is 1. The number of carboxylic acid groups (broad SMARTS) is 1. The van der Waals surface area contributed by atoms with E-state index in [1.807, 2.05) is 29.2 Å². The Morgan fingerprint density at radius 2 is 1.92 bits per heavy atom. The van der Waals surface area contributed by atoms with Gasteiger partial charge in [0.1, 0.15) is 17.9 Å². The van der Waals surface area contributed by atoms with Crippen molar-refractivity contribution in [2.45, 2.75) is 6.42 Å². The van der Waals surface area contributed by atoms with Crippen LogP contribution < -0.4 is 15.4 Å². The predicted molar refractivity (Wildman–Crippen MR) is 146 cm³/mol. The second kappa shape index (κ2) is 12.6. The van der Waals surface area contributed by atoms with E-state index in [2.05, 4.69) is 48.0 Å². The van der Waals surface area contributed by atoms with E-state index in [0.29, 0.717) is 29.4 Å². The van der Waals surface area contributed by atoms with Crippen LogP contribution in [-0.4, -0.2) is 82.6 Å². The fraction of sp³-hybridized carbons (Fsp3) is 0.308. The number of aromatic nitrogens is 2. The lowest BCUT2D eigenvalue weighted by Gasteiger charge is -2.33. The summed E-state index contributed by atoms with van der Waals surface area (Å²) in [6.07, 6.45) is 3.48. The van der Waals surface area contributed by atoms with E-state index in [0.717, 1.165) is 54.7 Å². The number of anilines is 3. The Morgan fingerprint density at radius 1 is 1.14 bits per heavy atom. The molecule has 10 nitrogen and oxygen atoms in total. The molecule has 1 aromatic heterocycles. The van der Waals surface area contributed by atoms with E-state index in [1.54, 1.807) is 12.1 Å². The van der Waals surface area contributed by atoms with Gasteiger partial charge in [-0.3, -0.25) is 14.5 Å². The minimum Gasteiger partial charge on any atom is -0.491 e. The zero-order valence-corrected chi connectivity index (χ0v) is 21.9. The maximum atomic E-state index is 12.1. The summed E-state index contributed by atoms with van der Waals surface area (Å²) in [4.78, 5) is 36.1. The second-order valence-electron chi connectivity index (χ2n) is 8.63. The first-order chi connectivity index (χ1) is 17.9. The second-order valence-corrected chi connectivity index (χ2v) is 9.55. The molecule has 3 aromatic rings. The molecule has 0 bridgehead atoms. The van der Waals surface area contributed by atoms with E-state index >= 15 is 0 Å². The maximum Gasteiger partial charge on any atom is 0.317 e. The van der Waals surface area contributed by atoms with Gasteiger partial charge in [0.25, 0.3) is 0 Å². The first-order valence-electron chi connectivity index (χ1n) is 12.0. The van der Waals surface area contributed by atoms with E-state index in [1.165, 1.54) is 12.4 Å². The average Bonchev–Trinajstić information content (AvgIpc) is 2.87. The van der Waals surface area contributed by atoms with Crippen molar-refractivity contribution in [1.82, 2.24) is 19.8 Å². The number of carbonyl (C=O) groups excluding carboxylic acids is 1. The van der Waals surface area contributed by atoms with Crippen molar-refractivity contribution in [2.24, 2.45) is 0 Å². The molecule has 2 heterocycles. The van der Waals surface area contributed by atoms with Gasteiger partial charge in [-0.2, -0.15) is 0 Å². The molecule has 0 spiro atoms. The highest BCUT2D eigenvalue weighted by Crippen LogP contribution is 2.33. The maximum absolute atomic E-state index is 12.1. The van der Waals surface area contributed by atoms with Gasteiger partial charge in [0, 0.05) is 54.3 Å². The normalized spacial score (nSPS) is 14.3. The number of hydrogen-bond acceptors (Lipinski definition) is 8. The Hall–Kier alpha value is -3.54. The first-order valence-corrected chi connectivity index (χ1v) is 12.7. The topological polar surface area (TPSA) is 120 Å². The summed E-state index contributed by atoms with van der Waals surface area (Å²) in [6, 6.07) is 11.3. The van der Waals surface area contributed by atoms with Crippen molar-refractivity contribution in [3.05, 3.63) is 59.9 Å². The number of piperazine rings is 1. The Morgan fingerprint density at radius 3 is 2.65 bits per heavy atom. The van der Waals surface area contributed by atoms with Gasteiger partial charge in [-0.05, 0) is 36.8 Å². The molecular formula is C26H29BrN6O4. The molecule has 3 N–H and O–H groups in total. The van der Waals surface area contributed by atoms with Gasteiger partial charge in [0.15, 0.2) is 0 Å². The van der Waals surface area contributed by atoms with Gasteiger partial charge in [-0.15, -0.1) is 0 Å². The highest BCUT2D eigenvalue weighted by Gasteiger charge is 2.18.